The first-order valence-corrected chi connectivity index (χ1v) is 4.06. The molecule has 0 spiro atoms. The van der Waals surface area contributed by atoms with Crippen molar-refractivity contribution in [2.45, 2.75) is 0 Å². The zero-order valence-corrected chi connectivity index (χ0v) is 7.78. The third-order valence-electron chi connectivity index (χ3n) is 1.07. The van der Waals surface area contributed by atoms with Gasteiger partial charge in [-0.25, -0.2) is 4.39 Å². The van der Waals surface area contributed by atoms with E-state index >= 15 is 0 Å². The Kier molecular flexibility index (Phi) is 2.96. The minimum absolute atomic E-state index is 0.134. The van der Waals surface area contributed by atoms with E-state index in [0.717, 1.165) is 10.0 Å². The molecule has 0 saturated carbocycles. The predicted molar refractivity (Wildman–Crippen MR) is 48.4 cm³/mol. The van der Waals surface area contributed by atoms with Gasteiger partial charge in [0.15, 0.2) is 17.1 Å². The van der Waals surface area contributed by atoms with Crippen molar-refractivity contribution < 1.29 is 9.13 Å². The summed E-state index contributed by atoms with van der Waals surface area (Å²) >= 11 is 7.58. The summed E-state index contributed by atoms with van der Waals surface area (Å²) in [5, 5.41) is 0. The van der Waals surface area contributed by atoms with Gasteiger partial charge < -0.3 is 4.74 Å². The number of hydrogen-bond donors (Lipinski definition) is 0. The quantitative estimate of drug-likeness (QED) is 0.729. The van der Waals surface area contributed by atoms with Gasteiger partial charge in [0.2, 0.25) is 0 Å². The Morgan fingerprint density at radius 2 is 2.27 bits per heavy atom. The molecular weight excluding hydrogens is 231 g/mol. The lowest BCUT2D eigenvalue weighted by Gasteiger charge is -1.99. The van der Waals surface area contributed by atoms with Crippen LogP contribution >= 0.6 is 28.1 Å². The Hall–Kier alpha value is -0.480. The monoisotopic (exact) mass is 234 g/mol. The fourth-order valence-electron chi connectivity index (χ4n) is 0.619. The van der Waals surface area contributed by atoms with Gasteiger partial charge >= 0.3 is 0 Å². The molecule has 4 heteroatoms. The molecule has 0 saturated heterocycles. The van der Waals surface area contributed by atoms with Crippen molar-refractivity contribution in [3.63, 3.8) is 0 Å². The number of halogens is 2. The molecule has 0 aliphatic rings. The number of rotatable bonds is 2. The summed E-state index contributed by atoms with van der Waals surface area (Å²) in [6.07, 6.45) is 0. The summed E-state index contributed by atoms with van der Waals surface area (Å²) < 4.78 is 18.2. The van der Waals surface area contributed by atoms with Crippen LogP contribution < -0.4 is 4.74 Å². The van der Waals surface area contributed by atoms with E-state index < -0.39 is 5.82 Å². The predicted octanol–water partition coefficient (Wildman–Crippen LogP) is 2.92. The fourth-order valence-corrected chi connectivity index (χ4v) is 1.06. The van der Waals surface area contributed by atoms with Crippen molar-refractivity contribution in [2.24, 2.45) is 0 Å². The Labute approximate surface area is 77.3 Å². The minimum atomic E-state index is -0.422. The second-order valence-electron chi connectivity index (χ2n) is 1.79. The highest BCUT2D eigenvalue weighted by Gasteiger charge is 2.01. The maximum absolute atomic E-state index is 12.7. The highest BCUT2D eigenvalue weighted by Crippen LogP contribution is 2.21. The van der Waals surface area contributed by atoms with Crippen molar-refractivity contribution in [1.29, 1.82) is 0 Å². The molecule has 1 rings (SSSR count). The van der Waals surface area contributed by atoms with Gasteiger partial charge in [-0.2, -0.15) is 0 Å². The van der Waals surface area contributed by atoms with E-state index in [4.69, 9.17) is 4.74 Å². The standard InChI is InChI=1S/C7H4BrFOS/c8-5-1-2-6(9)7(3-5)10-4-11/h1-4H. The molecule has 0 atom stereocenters. The normalized spacial score (nSPS) is 9.27. The van der Waals surface area contributed by atoms with Crippen LogP contribution in [0.15, 0.2) is 22.7 Å². The molecule has 0 aromatic heterocycles. The van der Waals surface area contributed by atoms with Gasteiger partial charge in [-0.15, -0.1) is 0 Å². The molecule has 0 bridgehead atoms. The fraction of sp³-hybridized carbons (Fsp3) is 0. The van der Waals surface area contributed by atoms with Crippen LogP contribution in [0.3, 0.4) is 0 Å². The van der Waals surface area contributed by atoms with Crippen LogP contribution in [-0.2, 0) is 0 Å². The van der Waals surface area contributed by atoms with E-state index in [9.17, 15) is 4.39 Å². The number of hydrogen-bond acceptors (Lipinski definition) is 2. The molecule has 0 radical (unpaired) electrons. The van der Waals surface area contributed by atoms with Crippen LogP contribution in [0.1, 0.15) is 0 Å². The van der Waals surface area contributed by atoms with Gasteiger partial charge in [0, 0.05) is 4.47 Å². The summed E-state index contributed by atoms with van der Waals surface area (Å²) in [7, 11) is 0. The first-order valence-electron chi connectivity index (χ1n) is 2.79. The summed E-state index contributed by atoms with van der Waals surface area (Å²) in [5.74, 6) is -0.288. The molecule has 0 heterocycles. The first-order chi connectivity index (χ1) is 5.24. The van der Waals surface area contributed by atoms with Crippen LogP contribution in [0.2, 0.25) is 0 Å². The van der Waals surface area contributed by atoms with Crippen LogP contribution in [0.25, 0.3) is 0 Å². The van der Waals surface area contributed by atoms with Crippen molar-refractivity contribution in [1.82, 2.24) is 0 Å². The molecule has 0 aliphatic carbocycles. The Balaban J connectivity index is 3.01. The summed E-state index contributed by atoms with van der Waals surface area (Å²) in [4.78, 5) is 0. The van der Waals surface area contributed by atoms with E-state index in [0.29, 0.717) is 0 Å². The molecule has 1 nitrogen and oxygen atoms in total. The Bertz CT molecular complexity index is 277. The molecule has 0 N–H and O–H groups in total. The lowest BCUT2D eigenvalue weighted by molar-refractivity contribution is 0.511. The van der Waals surface area contributed by atoms with E-state index in [1.807, 2.05) is 0 Å². The number of ether oxygens (including phenoxy) is 1. The van der Waals surface area contributed by atoms with Gasteiger partial charge in [-0.1, -0.05) is 15.9 Å². The van der Waals surface area contributed by atoms with Gasteiger partial charge in [-0.3, -0.25) is 0 Å². The van der Waals surface area contributed by atoms with Gasteiger partial charge in [0.1, 0.15) is 0 Å². The number of thiocarbonyl (C=S) groups is 1. The van der Waals surface area contributed by atoms with Crippen molar-refractivity contribution in [3.8, 4) is 5.75 Å². The maximum Gasteiger partial charge on any atom is 0.165 e. The minimum Gasteiger partial charge on any atom is -0.450 e. The highest BCUT2D eigenvalue weighted by molar-refractivity contribution is 9.10. The third kappa shape index (κ3) is 2.24. The largest absolute Gasteiger partial charge is 0.450 e. The van der Waals surface area contributed by atoms with Crippen molar-refractivity contribution in [2.75, 3.05) is 0 Å². The van der Waals surface area contributed by atoms with Gasteiger partial charge in [-0.05, 0) is 30.4 Å². The molecular formula is C7H4BrFOS. The Morgan fingerprint density at radius 3 is 2.91 bits per heavy atom. The SMILES string of the molecule is Fc1ccc(Br)cc1OC=S. The zero-order chi connectivity index (χ0) is 8.27. The van der Waals surface area contributed by atoms with Crippen molar-refractivity contribution in [3.05, 3.63) is 28.5 Å². The zero-order valence-electron chi connectivity index (χ0n) is 5.38. The average molecular weight is 235 g/mol. The van der Waals surface area contributed by atoms with E-state index in [1.54, 1.807) is 6.07 Å². The molecule has 1 aromatic carbocycles. The molecule has 0 amide bonds. The first kappa shape index (κ1) is 8.62. The lowest BCUT2D eigenvalue weighted by Crippen LogP contribution is -1.89. The van der Waals surface area contributed by atoms with E-state index in [2.05, 4.69) is 28.1 Å². The topological polar surface area (TPSA) is 9.23 Å². The Morgan fingerprint density at radius 1 is 1.55 bits per heavy atom. The summed E-state index contributed by atoms with van der Waals surface area (Å²) in [6, 6.07) is 4.40. The molecule has 0 fully saturated rings. The van der Waals surface area contributed by atoms with Gasteiger partial charge in [0.25, 0.3) is 0 Å². The second-order valence-corrected chi connectivity index (χ2v) is 2.90. The lowest BCUT2D eigenvalue weighted by atomic mass is 10.3. The average Bonchev–Trinajstić information content (AvgIpc) is 1.98. The summed E-state index contributed by atoms with van der Waals surface area (Å²) in [5.41, 5.74) is 1.02. The van der Waals surface area contributed by atoms with Crippen LogP contribution in [-0.4, -0.2) is 5.55 Å². The third-order valence-corrected chi connectivity index (χ3v) is 1.66. The van der Waals surface area contributed by atoms with Crippen LogP contribution in [0.5, 0.6) is 5.75 Å². The van der Waals surface area contributed by atoms with Crippen LogP contribution in [0, 0.1) is 5.82 Å². The molecule has 0 unspecified atom stereocenters. The summed E-state index contributed by atoms with van der Waals surface area (Å²) in [6.45, 7) is 0. The highest BCUT2D eigenvalue weighted by atomic mass is 79.9. The number of benzene rings is 1. The van der Waals surface area contributed by atoms with E-state index in [-0.39, 0.29) is 5.75 Å². The molecule has 58 valence electrons. The molecule has 1 aromatic rings. The van der Waals surface area contributed by atoms with Gasteiger partial charge in [0.05, 0.1) is 0 Å². The molecule has 0 aliphatic heterocycles. The van der Waals surface area contributed by atoms with Crippen LogP contribution in [0.4, 0.5) is 4.39 Å². The van der Waals surface area contributed by atoms with E-state index in [1.165, 1.54) is 12.1 Å². The maximum atomic E-state index is 12.7. The smallest absolute Gasteiger partial charge is 0.165 e. The molecule has 11 heavy (non-hydrogen) atoms. The van der Waals surface area contributed by atoms with Crippen molar-refractivity contribution >= 4 is 33.7 Å². The second kappa shape index (κ2) is 3.78.